The van der Waals surface area contributed by atoms with Gasteiger partial charge in [0.15, 0.2) is 0 Å². The van der Waals surface area contributed by atoms with E-state index in [0.29, 0.717) is 0 Å². The zero-order valence-corrected chi connectivity index (χ0v) is 9.88. The van der Waals surface area contributed by atoms with E-state index in [-0.39, 0.29) is 0 Å². The van der Waals surface area contributed by atoms with Crippen molar-refractivity contribution in [1.29, 1.82) is 0 Å². The average Bonchev–Trinajstić information content (AvgIpc) is 2.77. The molecule has 0 fully saturated rings. The monoisotopic (exact) mass is 243 g/mol. The summed E-state index contributed by atoms with van der Waals surface area (Å²) in [7, 11) is 0. The molecule has 1 nitrogen and oxygen atoms in total. The molecule has 0 radical (unpaired) electrons. The van der Waals surface area contributed by atoms with Crippen LogP contribution in [0.4, 0.5) is 0 Å². The van der Waals surface area contributed by atoms with Crippen LogP contribution in [0.15, 0.2) is 28.3 Å². The van der Waals surface area contributed by atoms with E-state index in [4.69, 9.17) is 11.6 Å². The van der Waals surface area contributed by atoms with Crippen molar-refractivity contribution in [2.75, 3.05) is 0 Å². The normalized spacial score (nSPS) is 10.6. The van der Waals surface area contributed by atoms with Crippen LogP contribution in [0.1, 0.15) is 10.4 Å². The molecule has 4 heteroatoms. The van der Waals surface area contributed by atoms with Crippen molar-refractivity contribution in [2.45, 2.75) is 13.1 Å². The van der Waals surface area contributed by atoms with E-state index in [1.165, 1.54) is 10.4 Å². The van der Waals surface area contributed by atoms with Crippen LogP contribution in [-0.4, -0.2) is 0 Å². The molecule has 0 bridgehead atoms. The van der Waals surface area contributed by atoms with Crippen LogP contribution in [0, 0.1) is 0 Å². The Kier molecular flexibility index (Phi) is 3.59. The van der Waals surface area contributed by atoms with Gasteiger partial charge in [-0.3, -0.25) is 0 Å². The molecule has 0 aromatic carbocycles. The van der Waals surface area contributed by atoms with Crippen LogP contribution in [0.25, 0.3) is 0 Å². The van der Waals surface area contributed by atoms with Gasteiger partial charge in [0.2, 0.25) is 0 Å². The number of rotatable bonds is 4. The van der Waals surface area contributed by atoms with Crippen molar-refractivity contribution in [3.63, 3.8) is 0 Å². The molecule has 74 valence electrons. The summed E-state index contributed by atoms with van der Waals surface area (Å²) in [5.41, 5.74) is 1.35. The van der Waals surface area contributed by atoms with Crippen LogP contribution in [0.5, 0.6) is 0 Å². The van der Waals surface area contributed by atoms with Crippen molar-refractivity contribution >= 4 is 34.3 Å². The molecule has 2 heterocycles. The van der Waals surface area contributed by atoms with Crippen molar-refractivity contribution in [3.8, 4) is 0 Å². The van der Waals surface area contributed by atoms with Gasteiger partial charge in [-0.15, -0.1) is 11.3 Å². The molecule has 0 amide bonds. The third kappa shape index (κ3) is 2.82. The first kappa shape index (κ1) is 10.2. The van der Waals surface area contributed by atoms with Crippen molar-refractivity contribution in [1.82, 2.24) is 5.32 Å². The molecule has 0 aliphatic heterocycles. The van der Waals surface area contributed by atoms with Gasteiger partial charge in [0.05, 0.1) is 5.02 Å². The summed E-state index contributed by atoms with van der Waals surface area (Å²) < 4.78 is 0. The minimum absolute atomic E-state index is 0.835. The lowest BCUT2D eigenvalue weighted by Crippen LogP contribution is -2.10. The molecule has 2 aromatic rings. The first-order valence-electron chi connectivity index (χ1n) is 4.29. The molecule has 0 atom stereocenters. The molecule has 0 spiro atoms. The van der Waals surface area contributed by atoms with Crippen LogP contribution in [0.3, 0.4) is 0 Å². The molecule has 14 heavy (non-hydrogen) atoms. The summed E-state index contributed by atoms with van der Waals surface area (Å²) in [5.74, 6) is 0. The molecule has 0 aliphatic rings. The van der Waals surface area contributed by atoms with E-state index in [1.54, 1.807) is 22.7 Å². The number of nitrogens with one attached hydrogen (secondary N) is 1. The van der Waals surface area contributed by atoms with Gasteiger partial charge >= 0.3 is 0 Å². The maximum atomic E-state index is 5.82. The topological polar surface area (TPSA) is 12.0 Å². The first-order chi connectivity index (χ1) is 6.84. The van der Waals surface area contributed by atoms with Crippen LogP contribution >= 0.6 is 34.3 Å². The predicted octanol–water partition coefficient (Wildman–Crippen LogP) is 3.75. The fraction of sp³-hybridized carbons (Fsp3) is 0.200. The molecule has 0 aliphatic carbocycles. The minimum Gasteiger partial charge on any atom is -0.308 e. The van der Waals surface area contributed by atoms with Crippen molar-refractivity contribution < 1.29 is 0 Å². The Labute approximate surface area is 96.4 Å². The van der Waals surface area contributed by atoms with E-state index in [0.717, 1.165) is 18.1 Å². The minimum atomic E-state index is 0.835. The van der Waals surface area contributed by atoms with Gasteiger partial charge in [-0.25, -0.2) is 0 Å². The van der Waals surface area contributed by atoms with Gasteiger partial charge < -0.3 is 5.32 Å². The number of hydrogen-bond acceptors (Lipinski definition) is 3. The molecule has 0 unspecified atom stereocenters. The Morgan fingerprint density at radius 2 is 2.21 bits per heavy atom. The summed E-state index contributed by atoms with van der Waals surface area (Å²) in [6.07, 6.45) is 0. The standard InChI is InChI=1S/C10H10ClNS2/c11-9-3-10(14-7-9)5-12-4-8-1-2-13-6-8/h1-3,6-7,12H,4-5H2. The van der Waals surface area contributed by atoms with Gasteiger partial charge in [-0.1, -0.05) is 11.6 Å². The zero-order valence-electron chi connectivity index (χ0n) is 7.50. The summed E-state index contributed by atoms with van der Waals surface area (Å²) in [6, 6.07) is 4.14. The Balaban J connectivity index is 1.78. The van der Waals surface area contributed by atoms with Gasteiger partial charge in [-0.2, -0.15) is 11.3 Å². The second kappa shape index (κ2) is 4.94. The zero-order chi connectivity index (χ0) is 9.80. The highest BCUT2D eigenvalue weighted by atomic mass is 35.5. The molecule has 0 saturated carbocycles. The SMILES string of the molecule is Clc1csc(CNCc2ccsc2)c1. The average molecular weight is 244 g/mol. The number of hydrogen-bond donors (Lipinski definition) is 1. The number of halogens is 1. The highest BCUT2D eigenvalue weighted by Gasteiger charge is 1.97. The maximum absolute atomic E-state index is 5.82. The smallest absolute Gasteiger partial charge is 0.0516 e. The molecule has 2 rings (SSSR count). The van der Waals surface area contributed by atoms with Crippen LogP contribution in [-0.2, 0) is 13.1 Å². The van der Waals surface area contributed by atoms with Crippen LogP contribution in [0.2, 0.25) is 5.02 Å². The van der Waals surface area contributed by atoms with Crippen LogP contribution < -0.4 is 5.32 Å². The van der Waals surface area contributed by atoms with Crippen molar-refractivity contribution in [3.05, 3.63) is 43.7 Å². The fourth-order valence-corrected chi connectivity index (χ4v) is 2.88. The molecular formula is C10H10ClNS2. The second-order valence-electron chi connectivity index (χ2n) is 2.97. The number of thiophene rings is 2. The summed E-state index contributed by atoms with van der Waals surface area (Å²) in [6.45, 7) is 1.83. The first-order valence-corrected chi connectivity index (χ1v) is 6.49. The van der Waals surface area contributed by atoms with E-state index in [1.807, 2.05) is 11.4 Å². The summed E-state index contributed by atoms with van der Waals surface area (Å²) in [4.78, 5) is 1.28. The van der Waals surface area contributed by atoms with E-state index >= 15 is 0 Å². The van der Waals surface area contributed by atoms with E-state index in [9.17, 15) is 0 Å². The second-order valence-corrected chi connectivity index (χ2v) is 5.18. The van der Waals surface area contributed by atoms with Crippen molar-refractivity contribution in [2.24, 2.45) is 0 Å². The predicted molar refractivity (Wildman–Crippen MR) is 64.2 cm³/mol. The molecular weight excluding hydrogens is 234 g/mol. The van der Waals surface area contributed by atoms with Gasteiger partial charge in [0.1, 0.15) is 0 Å². The largest absolute Gasteiger partial charge is 0.308 e. The third-order valence-electron chi connectivity index (χ3n) is 1.83. The summed E-state index contributed by atoms with van der Waals surface area (Å²) in [5, 5.41) is 10.4. The highest BCUT2D eigenvalue weighted by molar-refractivity contribution is 7.10. The molecule has 2 aromatic heterocycles. The highest BCUT2D eigenvalue weighted by Crippen LogP contribution is 2.18. The quantitative estimate of drug-likeness (QED) is 0.863. The summed E-state index contributed by atoms with van der Waals surface area (Å²) >= 11 is 9.25. The lowest BCUT2D eigenvalue weighted by atomic mass is 10.3. The Hall–Kier alpha value is -0.350. The maximum Gasteiger partial charge on any atom is 0.0516 e. The van der Waals surface area contributed by atoms with Gasteiger partial charge in [0.25, 0.3) is 0 Å². The van der Waals surface area contributed by atoms with E-state index < -0.39 is 0 Å². The third-order valence-corrected chi connectivity index (χ3v) is 3.85. The molecule has 0 saturated heterocycles. The van der Waals surface area contributed by atoms with Gasteiger partial charge in [0, 0.05) is 23.3 Å². The Morgan fingerprint density at radius 1 is 1.29 bits per heavy atom. The Bertz CT molecular complexity index is 380. The Morgan fingerprint density at radius 3 is 2.86 bits per heavy atom. The lowest BCUT2D eigenvalue weighted by molar-refractivity contribution is 0.702. The molecule has 1 N–H and O–H groups in total. The fourth-order valence-electron chi connectivity index (χ4n) is 1.17. The van der Waals surface area contributed by atoms with Gasteiger partial charge in [-0.05, 0) is 28.5 Å². The lowest BCUT2D eigenvalue weighted by Gasteiger charge is -1.99. The van der Waals surface area contributed by atoms with E-state index in [2.05, 4.69) is 22.1 Å².